The number of piperidine rings is 1. The van der Waals surface area contributed by atoms with Crippen molar-refractivity contribution in [3.05, 3.63) is 23.8 Å². The maximum atomic E-state index is 12.4. The lowest BCUT2D eigenvalue weighted by atomic mass is 10.0. The molecule has 0 bridgehead atoms. The molecule has 1 unspecified atom stereocenters. The van der Waals surface area contributed by atoms with Crippen molar-refractivity contribution in [1.29, 1.82) is 0 Å². The standard InChI is InChI=1S/C19H29N3O2/c1-15-12-16(21-9-4-5-10-21)7-8-18(15)20-19(24)13-22-11-3-2-6-17(22)14-23/h7-8,12,17,23H,2-6,9-11,13-14H2,1H3,(H,20,24). The van der Waals surface area contributed by atoms with E-state index in [9.17, 15) is 9.90 Å². The van der Waals surface area contributed by atoms with Crippen LogP contribution in [0.2, 0.25) is 0 Å². The number of nitrogens with zero attached hydrogens (tertiary/aromatic N) is 2. The average molecular weight is 331 g/mol. The predicted octanol–water partition coefficient (Wildman–Crippen LogP) is 2.38. The fourth-order valence-corrected chi connectivity index (χ4v) is 3.81. The second-order valence-corrected chi connectivity index (χ2v) is 7.04. The van der Waals surface area contributed by atoms with Crippen molar-refractivity contribution in [2.24, 2.45) is 0 Å². The van der Waals surface area contributed by atoms with Gasteiger partial charge in [-0.15, -0.1) is 0 Å². The van der Waals surface area contributed by atoms with Crippen molar-refractivity contribution in [2.75, 3.05) is 43.0 Å². The van der Waals surface area contributed by atoms with Crippen LogP contribution < -0.4 is 10.2 Å². The minimum absolute atomic E-state index is 0.00683. The van der Waals surface area contributed by atoms with Crippen molar-refractivity contribution in [3.63, 3.8) is 0 Å². The molecular formula is C19H29N3O2. The smallest absolute Gasteiger partial charge is 0.238 e. The molecule has 2 aliphatic rings. The number of hydrogen-bond acceptors (Lipinski definition) is 4. The molecule has 24 heavy (non-hydrogen) atoms. The minimum atomic E-state index is 0.00683. The van der Waals surface area contributed by atoms with Gasteiger partial charge < -0.3 is 15.3 Å². The molecule has 5 nitrogen and oxygen atoms in total. The van der Waals surface area contributed by atoms with Crippen LogP contribution in [0, 0.1) is 6.92 Å². The van der Waals surface area contributed by atoms with Crippen LogP contribution in [0.4, 0.5) is 11.4 Å². The number of aliphatic hydroxyl groups is 1. The van der Waals surface area contributed by atoms with Gasteiger partial charge in [0.25, 0.3) is 0 Å². The lowest BCUT2D eigenvalue weighted by molar-refractivity contribution is -0.118. The van der Waals surface area contributed by atoms with Crippen molar-refractivity contribution in [1.82, 2.24) is 4.90 Å². The Hall–Kier alpha value is -1.59. The highest BCUT2D eigenvalue weighted by atomic mass is 16.3. The SMILES string of the molecule is Cc1cc(N2CCCC2)ccc1NC(=O)CN1CCCCC1CO. The Balaban J connectivity index is 1.59. The molecule has 2 aliphatic heterocycles. The summed E-state index contributed by atoms with van der Waals surface area (Å²) in [5, 5.41) is 12.5. The fraction of sp³-hybridized carbons (Fsp3) is 0.632. The zero-order chi connectivity index (χ0) is 16.9. The van der Waals surface area contributed by atoms with Crippen LogP contribution in [0.1, 0.15) is 37.7 Å². The molecular weight excluding hydrogens is 302 g/mol. The molecule has 2 saturated heterocycles. The molecule has 5 heteroatoms. The van der Waals surface area contributed by atoms with Gasteiger partial charge in [-0.05, 0) is 62.9 Å². The van der Waals surface area contributed by atoms with Gasteiger partial charge in [0, 0.05) is 30.5 Å². The lowest BCUT2D eigenvalue weighted by Gasteiger charge is -2.33. The van der Waals surface area contributed by atoms with Crippen LogP contribution >= 0.6 is 0 Å². The number of amides is 1. The minimum Gasteiger partial charge on any atom is -0.395 e. The summed E-state index contributed by atoms with van der Waals surface area (Å²) in [6, 6.07) is 6.41. The van der Waals surface area contributed by atoms with Gasteiger partial charge in [-0.3, -0.25) is 9.69 Å². The van der Waals surface area contributed by atoms with Crippen LogP contribution in [-0.4, -0.2) is 54.7 Å². The van der Waals surface area contributed by atoms with Gasteiger partial charge in [-0.25, -0.2) is 0 Å². The number of rotatable bonds is 5. The largest absolute Gasteiger partial charge is 0.395 e. The zero-order valence-corrected chi connectivity index (χ0v) is 14.6. The number of aliphatic hydroxyl groups excluding tert-OH is 1. The van der Waals surface area contributed by atoms with Gasteiger partial charge in [0.2, 0.25) is 5.91 Å². The van der Waals surface area contributed by atoms with E-state index in [2.05, 4.69) is 27.2 Å². The summed E-state index contributed by atoms with van der Waals surface area (Å²) < 4.78 is 0. The molecule has 0 radical (unpaired) electrons. The topological polar surface area (TPSA) is 55.8 Å². The first-order valence-corrected chi connectivity index (χ1v) is 9.18. The Morgan fingerprint density at radius 1 is 1.21 bits per heavy atom. The number of hydrogen-bond donors (Lipinski definition) is 2. The molecule has 0 saturated carbocycles. The van der Waals surface area contributed by atoms with Crippen molar-refractivity contribution >= 4 is 17.3 Å². The van der Waals surface area contributed by atoms with Crippen LogP contribution in [0.3, 0.4) is 0 Å². The molecule has 1 amide bonds. The molecule has 2 heterocycles. The van der Waals surface area contributed by atoms with Gasteiger partial charge in [0.05, 0.1) is 13.2 Å². The molecule has 132 valence electrons. The fourth-order valence-electron chi connectivity index (χ4n) is 3.81. The van der Waals surface area contributed by atoms with E-state index in [1.807, 2.05) is 13.0 Å². The van der Waals surface area contributed by atoms with E-state index in [4.69, 9.17) is 0 Å². The zero-order valence-electron chi connectivity index (χ0n) is 14.6. The highest BCUT2D eigenvalue weighted by molar-refractivity contribution is 5.93. The third kappa shape index (κ3) is 4.08. The van der Waals surface area contributed by atoms with E-state index in [0.717, 1.165) is 50.1 Å². The number of aryl methyl sites for hydroxylation is 1. The molecule has 2 fully saturated rings. The molecule has 0 spiro atoms. The van der Waals surface area contributed by atoms with E-state index in [1.54, 1.807) is 0 Å². The Labute approximate surface area is 144 Å². The van der Waals surface area contributed by atoms with Crippen molar-refractivity contribution < 1.29 is 9.90 Å². The summed E-state index contributed by atoms with van der Waals surface area (Å²) in [6.45, 7) is 5.69. The highest BCUT2D eigenvalue weighted by Gasteiger charge is 2.23. The third-order valence-electron chi connectivity index (χ3n) is 5.26. The first kappa shape index (κ1) is 17.2. The molecule has 1 aromatic carbocycles. The Kier molecular flexibility index (Phi) is 5.74. The Morgan fingerprint density at radius 2 is 1.96 bits per heavy atom. The molecule has 1 atom stereocenters. The predicted molar refractivity (Wildman–Crippen MR) is 97.6 cm³/mol. The van der Waals surface area contributed by atoms with E-state index in [0.29, 0.717) is 6.54 Å². The molecule has 1 aromatic rings. The first-order chi connectivity index (χ1) is 11.7. The maximum Gasteiger partial charge on any atom is 0.238 e. The van der Waals surface area contributed by atoms with Gasteiger partial charge in [-0.1, -0.05) is 6.42 Å². The summed E-state index contributed by atoms with van der Waals surface area (Å²) >= 11 is 0. The summed E-state index contributed by atoms with van der Waals surface area (Å²) in [4.78, 5) is 16.9. The number of likely N-dealkylation sites (tertiary alicyclic amines) is 1. The van der Waals surface area contributed by atoms with Crippen molar-refractivity contribution in [3.8, 4) is 0 Å². The lowest BCUT2D eigenvalue weighted by Crippen LogP contribution is -2.45. The first-order valence-electron chi connectivity index (χ1n) is 9.18. The molecule has 0 aliphatic carbocycles. The highest BCUT2D eigenvalue weighted by Crippen LogP contribution is 2.25. The summed E-state index contributed by atoms with van der Waals surface area (Å²) in [5.74, 6) is 0.00683. The number of nitrogens with one attached hydrogen (secondary N) is 1. The van der Waals surface area contributed by atoms with E-state index >= 15 is 0 Å². The second kappa shape index (κ2) is 7.99. The van der Waals surface area contributed by atoms with Crippen LogP contribution in [0.5, 0.6) is 0 Å². The number of carbonyl (C=O) groups is 1. The van der Waals surface area contributed by atoms with Crippen LogP contribution in [-0.2, 0) is 4.79 Å². The third-order valence-corrected chi connectivity index (χ3v) is 5.26. The maximum absolute atomic E-state index is 12.4. The van der Waals surface area contributed by atoms with Gasteiger partial charge in [-0.2, -0.15) is 0 Å². The van der Waals surface area contributed by atoms with E-state index in [1.165, 1.54) is 18.5 Å². The molecule has 2 N–H and O–H groups in total. The average Bonchev–Trinajstić information content (AvgIpc) is 3.12. The van der Waals surface area contributed by atoms with E-state index in [-0.39, 0.29) is 18.6 Å². The quantitative estimate of drug-likeness (QED) is 0.870. The van der Waals surface area contributed by atoms with Crippen LogP contribution in [0.15, 0.2) is 18.2 Å². The van der Waals surface area contributed by atoms with Crippen molar-refractivity contribution in [2.45, 2.75) is 45.1 Å². The summed E-state index contributed by atoms with van der Waals surface area (Å²) in [7, 11) is 0. The van der Waals surface area contributed by atoms with Gasteiger partial charge in [0.1, 0.15) is 0 Å². The Bertz CT molecular complexity index is 570. The normalized spacial score (nSPS) is 21.9. The summed E-state index contributed by atoms with van der Waals surface area (Å²) in [6.07, 6.45) is 5.75. The Morgan fingerprint density at radius 3 is 2.67 bits per heavy atom. The monoisotopic (exact) mass is 331 g/mol. The number of carbonyl (C=O) groups excluding carboxylic acids is 1. The number of benzene rings is 1. The van der Waals surface area contributed by atoms with Gasteiger partial charge in [0.15, 0.2) is 0 Å². The summed E-state index contributed by atoms with van der Waals surface area (Å²) in [5.41, 5.74) is 3.24. The van der Waals surface area contributed by atoms with Gasteiger partial charge >= 0.3 is 0 Å². The van der Waals surface area contributed by atoms with Crippen LogP contribution in [0.25, 0.3) is 0 Å². The molecule has 0 aromatic heterocycles. The number of anilines is 2. The second-order valence-electron chi connectivity index (χ2n) is 7.04. The molecule has 3 rings (SSSR count). The van der Waals surface area contributed by atoms with E-state index < -0.39 is 0 Å².